The van der Waals surface area contributed by atoms with Crippen molar-refractivity contribution in [3.05, 3.63) is 65.7 Å². The SMILES string of the molecule is COc1cccc(C[C@@H](NC(=O)[C@@H](O)c2ccccc2)C(=O)O)c1. The van der Waals surface area contributed by atoms with Gasteiger partial charge < -0.3 is 20.3 Å². The van der Waals surface area contributed by atoms with E-state index < -0.39 is 24.0 Å². The minimum absolute atomic E-state index is 0.0831. The minimum Gasteiger partial charge on any atom is -0.497 e. The van der Waals surface area contributed by atoms with E-state index in [2.05, 4.69) is 5.32 Å². The Hall–Kier alpha value is -2.86. The number of aliphatic hydroxyl groups excluding tert-OH is 1. The molecular formula is C18H19NO5. The number of benzene rings is 2. The van der Waals surface area contributed by atoms with Gasteiger partial charge in [-0.25, -0.2) is 4.79 Å². The van der Waals surface area contributed by atoms with Crippen molar-refractivity contribution < 1.29 is 24.5 Å². The molecule has 0 aliphatic rings. The van der Waals surface area contributed by atoms with Gasteiger partial charge in [0.1, 0.15) is 11.8 Å². The van der Waals surface area contributed by atoms with Crippen LogP contribution in [-0.4, -0.2) is 35.2 Å². The van der Waals surface area contributed by atoms with E-state index in [1.54, 1.807) is 54.6 Å². The Morgan fingerprint density at radius 1 is 1.12 bits per heavy atom. The molecule has 0 saturated heterocycles. The number of aliphatic carboxylic acids is 1. The van der Waals surface area contributed by atoms with Gasteiger partial charge in [-0.1, -0.05) is 42.5 Å². The Balaban J connectivity index is 2.08. The molecule has 0 aromatic heterocycles. The van der Waals surface area contributed by atoms with Gasteiger partial charge in [0.25, 0.3) is 5.91 Å². The van der Waals surface area contributed by atoms with Crippen molar-refractivity contribution in [2.75, 3.05) is 7.11 Å². The van der Waals surface area contributed by atoms with Crippen molar-refractivity contribution in [3.8, 4) is 5.75 Å². The summed E-state index contributed by atoms with van der Waals surface area (Å²) in [6.07, 6.45) is -1.34. The van der Waals surface area contributed by atoms with Crippen LogP contribution >= 0.6 is 0 Å². The van der Waals surface area contributed by atoms with Crippen molar-refractivity contribution in [1.82, 2.24) is 5.32 Å². The number of rotatable bonds is 7. The molecule has 0 saturated carbocycles. The topological polar surface area (TPSA) is 95.9 Å². The molecule has 6 heteroatoms. The zero-order valence-electron chi connectivity index (χ0n) is 13.2. The fourth-order valence-electron chi connectivity index (χ4n) is 2.27. The Morgan fingerprint density at radius 3 is 2.46 bits per heavy atom. The number of amides is 1. The lowest BCUT2D eigenvalue weighted by Gasteiger charge is -2.18. The summed E-state index contributed by atoms with van der Waals surface area (Å²) < 4.78 is 5.10. The maximum atomic E-state index is 12.1. The Kier molecular flexibility index (Phi) is 5.92. The van der Waals surface area contributed by atoms with E-state index in [1.165, 1.54) is 7.11 Å². The molecule has 3 N–H and O–H groups in total. The van der Waals surface area contributed by atoms with E-state index in [0.717, 1.165) is 0 Å². The molecule has 2 aromatic carbocycles. The van der Waals surface area contributed by atoms with E-state index in [0.29, 0.717) is 16.9 Å². The van der Waals surface area contributed by atoms with Crippen LogP contribution in [0.4, 0.5) is 0 Å². The van der Waals surface area contributed by atoms with E-state index in [9.17, 15) is 19.8 Å². The molecule has 0 aliphatic carbocycles. The summed E-state index contributed by atoms with van der Waals surface area (Å²) in [5.41, 5.74) is 1.11. The van der Waals surface area contributed by atoms with Gasteiger partial charge in [0.2, 0.25) is 0 Å². The smallest absolute Gasteiger partial charge is 0.326 e. The average Bonchev–Trinajstić information content (AvgIpc) is 2.61. The highest BCUT2D eigenvalue weighted by Gasteiger charge is 2.25. The lowest BCUT2D eigenvalue weighted by molar-refractivity contribution is -0.143. The molecule has 0 bridgehead atoms. The molecule has 0 heterocycles. The van der Waals surface area contributed by atoms with Crippen LogP contribution in [0.25, 0.3) is 0 Å². The summed E-state index contributed by atoms with van der Waals surface area (Å²) in [5, 5.41) is 21.7. The van der Waals surface area contributed by atoms with Gasteiger partial charge in [0.15, 0.2) is 6.10 Å². The maximum absolute atomic E-state index is 12.1. The molecule has 0 spiro atoms. The van der Waals surface area contributed by atoms with Crippen molar-refractivity contribution in [2.45, 2.75) is 18.6 Å². The fraction of sp³-hybridized carbons (Fsp3) is 0.222. The summed E-state index contributed by atoms with van der Waals surface area (Å²) in [6.45, 7) is 0. The second-order valence-electron chi connectivity index (χ2n) is 5.27. The Labute approximate surface area is 139 Å². The first-order chi connectivity index (χ1) is 11.5. The standard InChI is InChI=1S/C18H19NO5/c1-24-14-9-5-6-12(10-14)11-15(18(22)23)19-17(21)16(20)13-7-3-2-4-8-13/h2-10,15-16,20H,11H2,1H3,(H,19,21)(H,22,23)/t15-,16+/m1/s1. The maximum Gasteiger partial charge on any atom is 0.326 e. The Morgan fingerprint density at radius 2 is 1.83 bits per heavy atom. The molecule has 24 heavy (non-hydrogen) atoms. The van der Waals surface area contributed by atoms with E-state index in [-0.39, 0.29) is 6.42 Å². The van der Waals surface area contributed by atoms with Crippen molar-refractivity contribution >= 4 is 11.9 Å². The van der Waals surface area contributed by atoms with Crippen LogP contribution in [0.5, 0.6) is 5.75 Å². The predicted molar refractivity (Wildman–Crippen MR) is 87.7 cm³/mol. The minimum atomic E-state index is -1.42. The molecular weight excluding hydrogens is 310 g/mol. The number of hydrogen-bond acceptors (Lipinski definition) is 4. The van der Waals surface area contributed by atoms with Gasteiger partial charge in [-0.2, -0.15) is 0 Å². The van der Waals surface area contributed by atoms with Crippen LogP contribution < -0.4 is 10.1 Å². The molecule has 126 valence electrons. The summed E-state index contributed by atoms with van der Waals surface area (Å²) in [4.78, 5) is 23.5. The molecule has 2 rings (SSSR count). The molecule has 0 unspecified atom stereocenters. The summed E-state index contributed by atoms with van der Waals surface area (Å²) in [6, 6.07) is 14.1. The van der Waals surface area contributed by atoms with Crippen molar-refractivity contribution in [1.29, 1.82) is 0 Å². The fourth-order valence-corrected chi connectivity index (χ4v) is 2.27. The Bertz CT molecular complexity index is 702. The average molecular weight is 329 g/mol. The number of carbonyl (C=O) groups is 2. The summed E-state index contributed by atoms with van der Waals surface area (Å²) in [5.74, 6) is -1.32. The highest BCUT2D eigenvalue weighted by molar-refractivity contribution is 5.87. The van der Waals surface area contributed by atoms with Crippen LogP contribution in [-0.2, 0) is 16.0 Å². The first-order valence-electron chi connectivity index (χ1n) is 7.40. The number of hydrogen-bond donors (Lipinski definition) is 3. The second-order valence-corrected chi connectivity index (χ2v) is 5.27. The number of methoxy groups -OCH3 is 1. The molecule has 2 aromatic rings. The van der Waals surface area contributed by atoms with Crippen LogP contribution in [0, 0.1) is 0 Å². The van der Waals surface area contributed by atoms with E-state index in [1.807, 2.05) is 0 Å². The van der Waals surface area contributed by atoms with Crippen LogP contribution in [0.1, 0.15) is 17.2 Å². The van der Waals surface area contributed by atoms with Gasteiger partial charge in [0.05, 0.1) is 7.11 Å². The normalized spacial score (nSPS) is 12.9. The lowest BCUT2D eigenvalue weighted by atomic mass is 10.0. The van der Waals surface area contributed by atoms with E-state index in [4.69, 9.17) is 4.74 Å². The number of carbonyl (C=O) groups excluding carboxylic acids is 1. The van der Waals surface area contributed by atoms with Crippen molar-refractivity contribution in [2.24, 2.45) is 0 Å². The van der Waals surface area contributed by atoms with Crippen LogP contribution in [0.2, 0.25) is 0 Å². The number of ether oxygens (including phenoxy) is 1. The highest BCUT2D eigenvalue weighted by Crippen LogP contribution is 2.16. The second kappa shape index (κ2) is 8.12. The molecule has 0 radical (unpaired) electrons. The van der Waals surface area contributed by atoms with Gasteiger partial charge in [-0.05, 0) is 23.3 Å². The molecule has 2 atom stereocenters. The molecule has 1 amide bonds. The highest BCUT2D eigenvalue weighted by atomic mass is 16.5. The molecule has 0 aliphatic heterocycles. The zero-order valence-corrected chi connectivity index (χ0v) is 13.2. The summed E-state index contributed by atoms with van der Waals surface area (Å²) >= 11 is 0. The number of carboxylic acids is 1. The number of nitrogens with one attached hydrogen (secondary N) is 1. The van der Waals surface area contributed by atoms with Gasteiger partial charge in [0, 0.05) is 6.42 Å². The van der Waals surface area contributed by atoms with E-state index >= 15 is 0 Å². The number of carboxylic acid groups (broad SMARTS) is 1. The predicted octanol–water partition coefficient (Wildman–Crippen LogP) is 1.54. The van der Waals surface area contributed by atoms with Crippen LogP contribution in [0.3, 0.4) is 0 Å². The quantitative estimate of drug-likeness (QED) is 0.716. The largest absolute Gasteiger partial charge is 0.497 e. The third-order valence-electron chi connectivity index (χ3n) is 3.55. The van der Waals surface area contributed by atoms with Crippen molar-refractivity contribution in [3.63, 3.8) is 0 Å². The monoisotopic (exact) mass is 329 g/mol. The summed E-state index contributed by atoms with van der Waals surface area (Å²) in [7, 11) is 1.52. The number of aliphatic hydroxyl groups is 1. The van der Waals surface area contributed by atoms with Gasteiger partial charge in [-0.15, -0.1) is 0 Å². The molecule has 6 nitrogen and oxygen atoms in total. The third-order valence-corrected chi connectivity index (χ3v) is 3.55. The van der Waals surface area contributed by atoms with Gasteiger partial charge in [-0.3, -0.25) is 4.79 Å². The first-order valence-corrected chi connectivity index (χ1v) is 7.40. The molecule has 0 fully saturated rings. The lowest BCUT2D eigenvalue weighted by Crippen LogP contribution is -2.44. The van der Waals surface area contributed by atoms with Crippen LogP contribution in [0.15, 0.2) is 54.6 Å². The third kappa shape index (κ3) is 4.57. The first kappa shape index (κ1) is 17.5. The zero-order chi connectivity index (χ0) is 17.5. The van der Waals surface area contributed by atoms with Gasteiger partial charge >= 0.3 is 5.97 Å².